The first-order chi connectivity index (χ1) is 21.0. The van der Waals surface area contributed by atoms with E-state index >= 15 is 4.39 Å². The number of aromatic hydroxyl groups is 1. The van der Waals surface area contributed by atoms with E-state index in [1.165, 1.54) is 6.20 Å². The lowest BCUT2D eigenvalue weighted by Crippen LogP contribution is -2.43. The summed E-state index contributed by atoms with van der Waals surface area (Å²) in [5.41, 5.74) is -1.72. The zero-order valence-corrected chi connectivity index (χ0v) is 24.3. The van der Waals surface area contributed by atoms with Gasteiger partial charge in [0.2, 0.25) is 0 Å². The van der Waals surface area contributed by atoms with Crippen molar-refractivity contribution >= 4 is 16.7 Å². The summed E-state index contributed by atoms with van der Waals surface area (Å²) in [6.07, 6.45) is -1.39. The average Bonchev–Trinajstić information content (AvgIpc) is 3.62. The second-order valence-corrected chi connectivity index (χ2v) is 12.8. The van der Waals surface area contributed by atoms with Crippen molar-refractivity contribution in [1.29, 1.82) is 0 Å². The van der Waals surface area contributed by atoms with E-state index in [2.05, 4.69) is 19.8 Å². The molecule has 1 N–H and O–H groups in total. The maximum absolute atomic E-state index is 16.5. The summed E-state index contributed by atoms with van der Waals surface area (Å²) >= 11 is 0. The molecule has 13 heteroatoms. The van der Waals surface area contributed by atoms with Gasteiger partial charge in [0.05, 0.1) is 10.9 Å². The van der Waals surface area contributed by atoms with Gasteiger partial charge >= 0.3 is 12.2 Å². The van der Waals surface area contributed by atoms with E-state index in [1.807, 2.05) is 0 Å². The van der Waals surface area contributed by atoms with Crippen molar-refractivity contribution < 1.29 is 36.5 Å². The molecule has 0 radical (unpaired) electrons. The topological polar surface area (TPSA) is 83.8 Å². The van der Waals surface area contributed by atoms with Crippen LogP contribution in [0.5, 0.6) is 11.8 Å². The molecule has 1 aliphatic carbocycles. The number of anilines is 1. The highest BCUT2D eigenvalue weighted by Crippen LogP contribution is 2.44. The van der Waals surface area contributed by atoms with Gasteiger partial charge in [-0.05, 0) is 68.2 Å². The summed E-state index contributed by atoms with van der Waals surface area (Å²) in [5, 5.41) is 10.5. The number of pyridine rings is 1. The van der Waals surface area contributed by atoms with Crippen LogP contribution in [-0.4, -0.2) is 82.7 Å². The molecule has 1 aromatic carbocycles. The van der Waals surface area contributed by atoms with Gasteiger partial charge in [0.1, 0.15) is 35.6 Å². The highest BCUT2D eigenvalue weighted by atomic mass is 19.4. The smallest absolute Gasteiger partial charge is 0.418 e. The monoisotopic (exact) mass is 619 g/mol. The molecule has 0 amide bonds. The first kappa shape index (κ1) is 29.4. The van der Waals surface area contributed by atoms with E-state index in [4.69, 9.17) is 14.5 Å². The summed E-state index contributed by atoms with van der Waals surface area (Å²) in [4.78, 5) is 17.6. The maximum Gasteiger partial charge on any atom is 0.418 e. The second kappa shape index (κ2) is 10.9. The molecule has 5 atom stereocenters. The molecule has 4 aliphatic rings. The number of benzene rings is 1. The molecular formula is C31H34F5N5O3. The molecule has 8 nitrogen and oxygen atoms in total. The minimum atomic E-state index is -4.80. The van der Waals surface area contributed by atoms with Crippen molar-refractivity contribution in [1.82, 2.24) is 19.9 Å². The van der Waals surface area contributed by atoms with Crippen LogP contribution in [0.25, 0.3) is 22.2 Å². The van der Waals surface area contributed by atoms with Gasteiger partial charge in [-0.25, -0.2) is 8.78 Å². The van der Waals surface area contributed by atoms with Crippen molar-refractivity contribution in [2.45, 2.75) is 62.5 Å². The minimum Gasteiger partial charge on any atom is -0.508 e. The zero-order valence-electron chi connectivity index (χ0n) is 24.3. The van der Waals surface area contributed by atoms with Crippen LogP contribution in [0.1, 0.15) is 50.2 Å². The van der Waals surface area contributed by atoms with Crippen LogP contribution in [0.3, 0.4) is 0 Å². The number of alkyl halides is 4. The predicted molar refractivity (Wildman–Crippen MR) is 152 cm³/mol. The van der Waals surface area contributed by atoms with Gasteiger partial charge in [0, 0.05) is 44.9 Å². The molecule has 1 saturated carbocycles. The van der Waals surface area contributed by atoms with E-state index in [0.29, 0.717) is 36.0 Å². The highest BCUT2D eigenvalue weighted by Gasteiger charge is 2.49. The fourth-order valence-corrected chi connectivity index (χ4v) is 7.96. The molecule has 2 aromatic heterocycles. The minimum absolute atomic E-state index is 0.0776. The summed E-state index contributed by atoms with van der Waals surface area (Å²) in [6.45, 7) is 2.72. The van der Waals surface area contributed by atoms with Crippen molar-refractivity contribution in [3.8, 4) is 23.0 Å². The van der Waals surface area contributed by atoms with Crippen LogP contribution in [0, 0.1) is 17.7 Å². The molecule has 3 aromatic rings. The van der Waals surface area contributed by atoms with Gasteiger partial charge in [-0.3, -0.25) is 9.88 Å². The number of hydrogen-bond acceptors (Lipinski definition) is 8. The molecule has 3 aliphatic heterocycles. The number of phenols is 1. The third-order valence-corrected chi connectivity index (χ3v) is 9.89. The number of ether oxygens (including phenoxy) is 2. The lowest BCUT2D eigenvalue weighted by molar-refractivity contribution is -0.215. The van der Waals surface area contributed by atoms with Crippen LogP contribution in [-0.2, 0) is 4.74 Å². The van der Waals surface area contributed by atoms with Crippen molar-refractivity contribution in [2.24, 2.45) is 11.8 Å². The Morgan fingerprint density at radius 2 is 1.91 bits per heavy atom. The van der Waals surface area contributed by atoms with Gasteiger partial charge < -0.3 is 19.5 Å². The van der Waals surface area contributed by atoms with E-state index in [1.54, 1.807) is 0 Å². The fourth-order valence-electron chi connectivity index (χ4n) is 7.96. The largest absolute Gasteiger partial charge is 0.508 e. The summed E-state index contributed by atoms with van der Waals surface area (Å²) in [5.74, 6) is 0.0894. The van der Waals surface area contributed by atoms with Crippen molar-refractivity contribution in [3.05, 3.63) is 35.8 Å². The van der Waals surface area contributed by atoms with Crippen LogP contribution in [0.4, 0.5) is 27.8 Å². The number of hydrogen-bond donors (Lipinski definition) is 1. The molecule has 4 fully saturated rings. The molecular weight excluding hydrogens is 585 g/mol. The van der Waals surface area contributed by atoms with E-state index < -0.39 is 41.1 Å². The Kier molecular flexibility index (Phi) is 7.31. The average molecular weight is 620 g/mol. The first-order valence-electron chi connectivity index (χ1n) is 15.1. The van der Waals surface area contributed by atoms with E-state index in [9.17, 15) is 22.7 Å². The SMILES string of the molecule is COC(c1ccc(O)cc1-c1ncc2c(N3CC4CCC(C4)C3)nc(OC[C@@]34CCCN3C[C@H](F)C4)nc2c1F)C(F)(F)F. The third kappa shape index (κ3) is 5.11. The summed E-state index contributed by atoms with van der Waals surface area (Å²) < 4.78 is 83.5. The fraction of sp³-hybridized carbons (Fsp3) is 0.581. The Bertz CT molecular complexity index is 1560. The summed E-state index contributed by atoms with van der Waals surface area (Å²) in [6, 6.07) is 3.09. The lowest BCUT2D eigenvalue weighted by atomic mass is 9.95. The van der Waals surface area contributed by atoms with Gasteiger partial charge in [0.25, 0.3) is 0 Å². The molecule has 3 unspecified atom stereocenters. The number of halogens is 5. The normalized spacial score (nSPS) is 27.7. The molecule has 0 spiro atoms. The number of phenolic OH excluding ortho intramolecular Hbond substituents is 1. The summed E-state index contributed by atoms with van der Waals surface area (Å²) in [7, 11) is 0.911. The van der Waals surface area contributed by atoms with Crippen LogP contribution < -0.4 is 9.64 Å². The highest BCUT2D eigenvalue weighted by molar-refractivity contribution is 5.92. The van der Waals surface area contributed by atoms with E-state index in [-0.39, 0.29) is 29.4 Å². The number of piperidine rings is 1. The van der Waals surface area contributed by atoms with Gasteiger partial charge in [-0.15, -0.1) is 0 Å². The van der Waals surface area contributed by atoms with Crippen molar-refractivity contribution in [3.63, 3.8) is 0 Å². The Balaban J connectivity index is 1.33. The number of aromatic nitrogens is 3. The van der Waals surface area contributed by atoms with Gasteiger partial charge in [-0.2, -0.15) is 23.1 Å². The molecule has 44 heavy (non-hydrogen) atoms. The third-order valence-electron chi connectivity index (χ3n) is 9.89. The molecule has 7 rings (SSSR count). The number of rotatable bonds is 7. The van der Waals surface area contributed by atoms with Gasteiger partial charge in [0.15, 0.2) is 11.9 Å². The first-order valence-corrected chi connectivity index (χ1v) is 15.1. The standard InChI is InChI=1S/C31H34F5N5O3/c1-43-27(31(34,35)36)21-6-5-20(42)10-22(21)25-24(33)26-23(12-37-25)28(40-13-17-3-4-18(9-17)14-40)39-29(38-26)44-16-30-7-2-8-41(30)15-19(32)11-30/h5-6,10,12,17-19,27,42H,2-4,7-9,11,13-16H2,1H3/t17?,18?,19-,27?,30+/m1/s1. The maximum atomic E-state index is 16.5. The number of nitrogens with zero attached hydrogens (tertiary/aromatic N) is 5. The zero-order chi connectivity index (χ0) is 30.8. The van der Waals surface area contributed by atoms with Crippen LogP contribution in [0.2, 0.25) is 0 Å². The predicted octanol–water partition coefficient (Wildman–Crippen LogP) is 5.98. The molecule has 3 saturated heterocycles. The Hall–Kier alpha value is -3.32. The van der Waals surface area contributed by atoms with Crippen LogP contribution >= 0.6 is 0 Å². The van der Waals surface area contributed by atoms with Gasteiger partial charge in [-0.1, -0.05) is 6.07 Å². The quantitative estimate of drug-likeness (QED) is 0.324. The Morgan fingerprint density at radius 1 is 1.14 bits per heavy atom. The van der Waals surface area contributed by atoms with Crippen molar-refractivity contribution in [2.75, 3.05) is 44.8 Å². The Morgan fingerprint density at radius 3 is 2.64 bits per heavy atom. The second-order valence-electron chi connectivity index (χ2n) is 12.8. The van der Waals surface area contributed by atoms with Crippen LogP contribution in [0.15, 0.2) is 24.4 Å². The number of methoxy groups -OCH3 is 1. The molecule has 5 heterocycles. The Labute approximate surface area is 251 Å². The number of fused-ring (bicyclic) bond motifs is 4. The molecule has 2 bridgehead atoms. The molecule has 236 valence electrons. The van der Waals surface area contributed by atoms with E-state index in [0.717, 1.165) is 77.0 Å². The lowest BCUT2D eigenvalue weighted by Gasteiger charge is -2.34.